The molecular formula is C16H16FNOS. The van der Waals surface area contributed by atoms with Crippen molar-refractivity contribution in [3.8, 4) is 0 Å². The summed E-state index contributed by atoms with van der Waals surface area (Å²) in [7, 11) is 0. The van der Waals surface area contributed by atoms with Gasteiger partial charge in [-0.2, -0.15) is 0 Å². The summed E-state index contributed by atoms with van der Waals surface area (Å²) in [5.74, 6) is -0.617. The highest BCUT2D eigenvalue weighted by molar-refractivity contribution is 7.80. The Morgan fingerprint density at radius 2 is 1.95 bits per heavy atom. The number of para-hydroxylation sites is 1. The Hall–Kier alpha value is -1.81. The molecule has 2 rings (SSSR count). The predicted octanol–water partition coefficient (Wildman–Crippen LogP) is 4.09. The highest BCUT2D eigenvalue weighted by Crippen LogP contribution is 2.23. The van der Waals surface area contributed by atoms with Crippen molar-refractivity contribution in [3.63, 3.8) is 0 Å². The van der Waals surface area contributed by atoms with Crippen LogP contribution in [0.5, 0.6) is 0 Å². The minimum atomic E-state index is -0.401. The smallest absolute Gasteiger partial charge is 0.258 e. The summed E-state index contributed by atoms with van der Waals surface area (Å²) in [5.41, 5.74) is 1.69. The van der Waals surface area contributed by atoms with E-state index in [1.165, 1.54) is 11.0 Å². The van der Waals surface area contributed by atoms with Gasteiger partial charge in [-0.25, -0.2) is 4.39 Å². The summed E-state index contributed by atoms with van der Waals surface area (Å²) in [4.78, 5) is 14.8. The molecule has 0 N–H and O–H groups in total. The summed E-state index contributed by atoms with van der Waals surface area (Å²) in [6.45, 7) is 4.08. The molecule has 0 bridgehead atoms. The molecule has 2 aromatic carbocycles. The van der Waals surface area contributed by atoms with E-state index in [1.54, 1.807) is 24.3 Å². The van der Waals surface area contributed by atoms with Crippen molar-refractivity contribution < 1.29 is 9.18 Å². The van der Waals surface area contributed by atoms with Gasteiger partial charge >= 0.3 is 0 Å². The summed E-state index contributed by atoms with van der Waals surface area (Å²) in [6, 6.07) is 11.7. The lowest BCUT2D eigenvalue weighted by Gasteiger charge is -2.22. The normalized spacial score (nSPS) is 10.4. The number of hydrogen-bond acceptors (Lipinski definition) is 2. The average Bonchev–Trinajstić information content (AvgIpc) is 2.44. The zero-order valence-corrected chi connectivity index (χ0v) is 12.3. The van der Waals surface area contributed by atoms with Crippen LogP contribution in [0.1, 0.15) is 22.8 Å². The second-order valence-electron chi connectivity index (χ2n) is 4.50. The van der Waals surface area contributed by atoms with Crippen LogP contribution in [0.4, 0.5) is 10.1 Å². The summed E-state index contributed by atoms with van der Waals surface area (Å²) >= 11 is 4.26. The highest BCUT2D eigenvalue weighted by atomic mass is 32.1. The lowest BCUT2D eigenvalue weighted by molar-refractivity contribution is 0.0986. The molecule has 0 aliphatic rings. The van der Waals surface area contributed by atoms with E-state index in [1.807, 2.05) is 26.0 Å². The minimum Gasteiger partial charge on any atom is -0.306 e. The first-order chi connectivity index (χ1) is 9.54. The third kappa shape index (κ3) is 2.85. The maximum atomic E-state index is 13.9. The Bertz CT molecular complexity index is 642. The molecular weight excluding hydrogens is 273 g/mol. The van der Waals surface area contributed by atoms with Crippen molar-refractivity contribution in [2.45, 2.75) is 18.7 Å². The zero-order chi connectivity index (χ0) is 14.7. The summed E-state index contributed by atoms with van der Waals surface area (Å²) in [5, 5.41) is 0. The molecule has 20 heavy (non-hydrogen) atoms. The monoisotopic (exact) mass is 289 g/mol. The van der Waals surface area contributed by atoms with E-state index in [-0.39, 0.29) is 5.91 Å². The minimum absolute atomic E-state index is 0.217. The van der Waals surface area contributed by atoms with Gasteiger partial charge in [0, 0.05) is 17.0 Å². The SMILES string of the molecule is CCN(C(=O)c1cc(S)ccc1C)c1ccccc1F. The molecule has 0 atom stereocenters. The third-order valence-electron chi connectivity index (χ3n) is 3.16. The number of aryl methyl sites for hydroxylation is 1. The fourth-order valence-electron chi connectivity index (χ4n) is 2.08. The fourth-order valence-corrected chi connectivity index (χ4v) is 2.28. The Morgan fingerprint density at radius 1 is 1.25 bits per heavy atom. The number of halogens is 1. The number of rotatable bonds is 3. The van der Waals surface area contributed by atoms with Crippen LogP contribution in [0.25, 0.3) is 0 Å². The van der Waals surface area contributed by atoms with Crippen LogP contribution < -0.4 is 4.90 Å². The van der Waals surface area contributed by atoms with Crippen LogP contribution >= 0.6 is 12.6 Å². The van der Waals surface area contributed by atoms with Crippen molar-refractivity contribution >= 4 is 24.2 Å². The predicted molar refractivity (Wildman–Crippen MR) is 82.2 cm³/mol. The largest absolute Gasteiger partial charge is 0.306 e. The van der Waals surface area contributed by atoms with Crippen LogP contribution in [-0.2, 0) is 0 Å². The Morgan fingerprint density at radius 3 is 2.60 bits per heavy atom. The van der Waals surface area contributed by atoms with Crippen LogP contribution in [0.2, 0.25) is 0 Å². The fraction of sp³-hybridized carbons (Fsp3) is 0.188. The maximum absolute atomic E-state index is 13.9. The van der Waals surface area contributed by atoms with Crippen LogP contribution in [0.3, 0.4) is 0 Å². The van der Waals surface area contributed by atoms with Gasteiger partial charge in [0.1, 0.15) is 5.82 Å². The molecule has 2 nitrogen and oxygen atoms in total. The van der Waals surface area contributed by atoms with Gasteiger partial charge in [0.05, 0.1) is 5.69 Å². The molecule has 1 amide bonds. The van der Waals surface area contributed by atoms with Crippen LogP contribution in [-0.4, -0.2) is 12.5 Å². The molecule has 0 saturated heterocycles. The first-order valence-electron chi connectivity index (χ1n) is 6.40. The molecule has 0 heterocycles. The number of benzene rings is 2. The number of hydrogen-bond donors (Lipinski definition) is 1. The Labute approximate surface area is 123 Å². The average molecular weight is 289 g/mol. The number of carbonyl (C=O) groups is 1. The van der Waals surface area contributed by atoms with Gasteiger partial charge in [0.2, 0.25) is 0 Å². The van der Waals surface area contributed by atoms with Gasteiger partial charge in [-0.3, -0.25) is 4.79 Å². The first-order valence-corrected chi connectivity index (χ1v) is 6.85. The van der Waals surface area contributed by atoms with Crippen molar-refractivity contribution in [3.05, 3.63) is 59.4 Å². The van der Waals surface area contributed by atoms with E-state index in [9.17, 15) is 9.18 Å². The van der Waals surface area contributed by atoms with E-state index < -0.39 is 5.82 Å². The van der Waals surface area contributed by atoms with Crippen LogP contribution in [0.15, 0.2) is 47.4 Å². The topological polar surface area (TPSA) is 20.3 Å². The van der Waals surface area contributed by atoms with Gasteiger partial charge < -0.3 is 4.90 Å². The third-order valence-corrected chi connectivity index (χ3v) is 3.43. The molecule has 0 radical (unpaired) electrons. The van der Waals surface area contributed by atoms with Crippen LogP contribution in [0, 0.1) is 12.7 Å². The molecule has 0 spiro atoms. The van der Waals surface area contributed by atoms with E-state index in [0.717, 1.165) is 5.56 Å². The Kier molecular flexibility index (Phi) is 4.45. The number of carbonyl (C=O) groups excluding carboxylic acids is 1. The molecule has 0 unspecified atom stereocenters. The van der Waals surface area contributed by atoms with Gasteiger partial charge in [-0.15, -0.1) is 12.6 Å². The second-order valence-corrected chi connectivity index (χ2v) is 5.02. The van der Waals surface area contributed by atoms with Gasteiger partial charge in [-0.05, 0) is 43.7 Å². The van der Waals surface area contributed by atoms with Crippen molar-refractivity contribution in [2.75, 3.05) is 11.4 Å². The number of thiol groups is 1. The molecule has 4 heteroatoms. The lowest BCUT2D eigenvalue weighted by atomic mass is 10.1. The molecule has 2 aromatic rings. The van der Waals surface area contributed by atoms with Gasteiger partial charge in [-0.1, -0.05) is 18.2 Å². The molecule has 104 valence electrons. The second kappa shape index (κ2) is 6.09. The van der Waals surface area contributed by atoms with Crippen molar-refractivity contribution in [1.29, 1.82) is 0 Å². The number of amides is 1. The number of anilines is 1. The van der Waals surface area contributed by atoms with E-state index in [2.05, 4.69) is 12.6 Å². The summed E-state index contributed by atoms with van der Waals surface area (Å²) < 4.78 is 13.9. The molecule has 0 aliphatic carbocycles. The summed E-state index contributed by atoms with van der Waals surface area (Å²) in [6.07, 6.45) is 0. The van der Waals surface area contributed by atoms with E-state index in [0.29, 0.717) is 22.7 Å². The molecule has 0 aliphatic heterocycles. The van der Waals surface area contributed by atoms with Gasteiger partial charge in [0.25, 0.3) is 5.91 Å². The Balaban J connectivity index is 2.45. The van der Waals surface area contributed by atoms with Gasteiger partial charge in [0.15, 0.2) is 0 Å². The molecule has 0 aromatic heterocycles. The zero-order valence-electron chi connectivity index (χ0n) is 11.4. The maximum Gasteiger partial charge on any atom is 0.258 e. The van der Waals surface area contributed by atoms with E-state index in [4.69, 9.17) is 0 Å². The van der Waals surface area contributed by atoms with E-state index >= 15 is 0 Å². The quantitative estimate of drug-likeness (QED) is 0.844. The van der Waals surface area contributed by atoms with Crippen molar-refractivity contribution in [1.82, 2.24) is 0 Å². The number of nitrogens with zero attached hydrogens (tertiary/aromatic N) is 1. The highest BCUT2D eigenvalue weighted by Gasteiger charge is 2.20. The lowest BCUT2D eigenvalue weighted by Crippen LogP contribution is -2.31. The molecule has 0 saturated carbocycles. The standard InChI is InChI=1S/C16H16FNOS/c1-3-18(15-7-5-4-6-14(15)17)16(19)13-10-12(20)9-8-11(13)2/h4-10,20H,3H2,1-2H3. The van der Waals surface area contributed by atoms with Crippen molar-refractivity contribution in [2.24, 2.45) is 0 Å². The molecule has 0 fully saturated rings. The first kappa shape index (κ1) is 14.6.